The third-order valence-corrected chi connectivity index (χ3v) is 4.12. The summed E-state index contributed by atoms with van der Waals surface area (Å²) in [5.74, 6) is -3.11. The second-order valence-corrected chi connectivity index (χ2v) is 6.34. The molecule has 10 heteroatoms. The summed E-state index contributed by atoms with van der Waals surface area (Å²) in [6.07, 6.45) is 0.581. The Labute approximate surface area is 152 Å². The molecule has 0 aromatic heterocycles. The first-order valence-electron chi connectivity index (χ1n) is 8.05. The molecule has 0 saturated carbocycles. The first-order valence-corrected chi connectivity index (χ1v) is 8.68. The van der Waals surface area contributed by atoms with Crippen LogP contribution in [0.5, 0.6) is 0 Å². The molecule has 0 aliphatic heterocycles. The lowest BCUT2D eigenvalue weighted by molar-refractivity contribution is -0.142. The molecule has 0 bridgehead atoms. The van der Waals surface area contributed by atoms with E-state index in [2.05, 4.69) is 28.6 Å². The van der Waals surface area contributed by atoms with E-state index in [9.17, 15) is 19.2 Å². The topological polar surface area (TPSA) is 151 Å². The highest BCUT2D eigenvalue weighted by Gasteiger charge is 2.31. The van der Waals surface area contributed by atoms with Gasteiger partial charge in [0.15, 0.2) is 0 Å². The van der Waals surface area contributed by atoms with Crippen molar-refractivity contribution in [2.45, 2.75) is 58.3 Å². The van der Waals surface area contributed by atoms with Gasteiger partial charge in [0.1, 0.15) is 18.1 Å². The highest BCUT2D eigenvalue weighted by molar-refractivity contribution is 7.80. The van der Waals surface area contributed by atoms with Crippen molar-refractivity contribution < 1.29 is 24.3 Å². The summed E-state index contributed by atoms with van der Waals surface area (Å²) in [5, 5.41) is 16.2. The summed E-state index contributed by atoms with van der Waals surface area (Å²) < 4.78 is 0. The lowest BCUT2D eigenvalue weighted by Crippen LogP contribution is -2.58. The van der Waals surface area contributed by atoms with Crippen LogP contribution in [0.1, 0.15) is 34.1 Å². The Morgan fingerprint density at radius 2 is 1.56 bits per heavy atom. The van der Waals surface area contributed by atoms with Crippen LogP contribution in [-0.2, 0) is 19.2 Å². The Hall–Kier alpha value is -1.81. The van der Waals surface area contributed by atoms with E-state index in [1.165, 1.54) is 13.8 Å². The Morgan fingerprint density at radius 3 is 1.96 bits per heavy atom. The number of nitrogens with one attached hydrogen (secondary N) is 3. The molecule has 0 aromatic carbocycles. The normalized spacial score (nSPS) is 16.7. The number of rotatable bonds is 10. The number of hydrogen-bond acceptors (Lipinski definition) is 6. The average molecular weight is 376 g/mol. The Bertz CT molecular complexity index is 500. The molecule has 0 saturated heterocycles. The first kappa shape index (κ1) is 23.2. The lowest BCUT2D eigenvalue weighted by atomic mass is 9.97. The van der Waals surface area contributed by atoms with E-state index in [0.717, 1.165) is 0 Å². The zero-order chi connectivity index (χ0) is 19.7. The maximum atomic E-state index is 12.4. The molecule has 0 aromatic rings. The van der Waals surface area contributed by atoms with Gasteiger partial charge in [0.25, 0.3) is 0 Å². The fraction of sp³-hybridized carbons (Fsp3) is 0.733. The van der Waals surface area contributed by atoms with E-state index in [1.54, 1.807) is 6.92 Å². The minimum atomic E-state index is -1.18. The van der Waals surface area contributed by atoms with Gasteiger partial charge in [0.2, 0.25) is 17.7 Å². The number of amides is 3. The monoisotopic (exact) mass is 376 g/mol. The molecule has 25 heavy (non-hydrogen) atoms. The van der Waals surface area contributed by atoms with Crippen molar-refractivity contribution in [3.63, 3.8) is 0 Å². The third kappa shape index (κ3) is 7.74. The molecule has 144 valence electrons. The van der Waals surface area contributed by atoms with Crippen LogP contribution in [0.4, 0.5) is 0 Å². The molecular formula is C15H28N4O5S. The van der Waals surface area contributed by atoms with Crippen molar-refractivity contribution in [2.75, 3.05) is 5.75 Å². The van der Waals surface area contributed by atoms with Gasteiger partial charge in [0, 0.05) is 5.75 Å². The van der Waals surface area contributed by atoms with Crippen LogP contribution in [0.15, 0.2) is 0 Å². The van der Waals surface area contributed by atoms with Gasteiger partial charge in [-0.25, -0.2) is 0 Å². The van der Waals surface area contributed by atoms with E-state index in [4.69, 9.17) is 10.8 Å². The molecular weight excluding hydrogens is 348 g/mol. The maximum absolute atomic E-state index is 12.4. The molecule has 6 N–H and O–H groups in total. The standard InChI is InChI=1S/C15H28N4O5S/c1-5-7(2)11(14(22)17-9(4)15(23)24)19-13(21)10(6-25)18-12(20)8(3)16/h7-11,25H,5-6,16H2,1-4H3,(H,17,22)(H,18,20)(H,19,21)(H,23,24). The fourth-order valence-electron chi connectivity index (χ4n) is 1.82. The van der Waals surface area contributed by atoms with Crippen LogP contribution in [0.25, 0.3) is 0 Å². The highest BCUT2D eigenvalue weighted by atomic mass is 32.1. The quantitative estimate of drug-likeness (QED) is 0.266. The van der Waals surface area contributed by atoms with Gasteiger partial charge in [-0.1, -0.05) is 20.3 Å². The van der Waals surface area contributed by atoms with Crippen LogP contribution in [0.3, 0.4) is 0 Å². The smallest absolute Gasteiger partial charge is 0.325 e. The number of hydrogen-bond donors (Lipinski definition) is 6. The van der Waals surface area contributed by atoms with Gasteiger partial charge >= 0.3 is 5.97 Å². The summed E-state index contributed by atoms with van der Waals surface area (Å²) in [5.41, 5.74) is 5.45. The van der Waals surface area contributed by atoms with Crippen LogP contribution in [-0.4, -0.2) is 58.7 Å². The van der Waals surface area contributed by atoms with Crippen LogP contribution in [0, 0.1) is 5.92 Å². The van der Waals surface area contributed by atoms with Crippen molar-refractivity contribution >= 4 is 36.3 Å². The van der Waals surface area contributed by atoms with Gasteiger partial charge in [-0.15, -0.1) is 0 Å². The number of thiol groups is 1. The number of carboxylic acids is 1. The lowest BCUT2D eigenvalue weighted by Gasteiger charge is -2.27. The van der Waals surface area contributed by atoms with E-state index in [1.807, 2.05) is 6.92 Å². The second kappa shape index (κ2) is 10.9. The van der Waals surface area contributed by atoms with Crippen molar-refractivity contribution in [1.29, 1.82) is 0 Å². The molecule has 9 nitrogen and oxygen atoms in total. The summed E-state index contributed by atoms with van der Waals surface area (Å²) >= 11 is 4.03. The zero-order valence-corrected chi connectivity index (χ0v) is 15.8. The van der Waals surface area contributed by atoms with Gasteiger partial charge in [-0.05, 0) is 19.8 Å². The molecule has 0 rings (SSSR count). The maximum Gasteiger partial charge on any atom is 0.325 e. The van der Waals surface area contributed by atoms with Crippen LogP contribution in [0.2, 0.25) is 0 Å². The molecule has 0 radical (unpaired) electrons. The van der Waals surface area contributed by atoms with Crippen molar-refractivity contribution in [2.24, 2.45) is 11.7 Å². The van der Waals surface area contributed by atoms with Crippen molar-refractivity contribution in [3.05, 3.63) is 0 Å². The van der Waals surface area contributed by atoms with Gasteiger partial charge < -0.3 is 26.8 Å². The van der Waals surface area contributed by atoms with E-state index in [0.29, 0.717) is 6.42 Å². The number of nitrogens with two attached hydrogens (primary N) is 1. The van der Waals surface area contributed by atoms with Crippen molar-refractivity contribution in [3.8, 4) is 0 Å². The van der Waals surface area contributed by atoms with E-state index < -0.39 is 47.9 Å². The van der Waals surface area contributed by atoms with Crippen molar-refractivity contribution in [1.82, 2.24) is 16.0 Å². The molecule has 0 fully saturated rings. The Morgan fingerprint density at radius 1 is 1.00 bits per heavy atom. The third-order valence-electron chi connectivity index (χ3n) is 3.75. The van der Waals surface area contributed by atoms with Crippen LogP contribution < -0.4 is 21.7 Å². The first-order chi connectivity index (χ1) is 11.5. The largest absolute Gasteiger partial charge is 0.480 e. The molecule has 0 spiro atoms. The summed E-state index contributed by atoms with van der Waals surface area (Å²) in [6.45, 7) is 6.40. The second-order valence-electron chi connectivity index (χ2n) is 5.97. The molecule has 0 heterocycles. The molecule has 3 amide bonds. The number of carbonyl (C=O) groups excluding carboxylic acids is 3. The fourth-order valence-corrected chi connectivity index (χ4v) is 2.08. The average Bonchev–Trinajstić information content (AvgIpc) is 2.55. The van der Waals surface area contributed by atoms with Gasteiger partial charge in [0.05, 0.1) is 6.04 Å². The summed E-state index contributed by atoms with van der Waals surface area (Å²) in [6, 6.07) is -3.78. The van der Waals surface area contributed by atoms with Crippen LogP contribution >= 0.6 is 12.6 Å². The molecule has 0 aliphatic carbocycles. The number of carbonyl (C=O) groups is 4. The minimum absolute atomic E-state index is 0.0185. The van der Waals surface area contributed by atoms with Gasteiger partial charge in [-0.3, -0.25) is 19.2 Å². The summed E-state index contributed by atoms with van der Waals surface area (Å²) in [4.78, 5) is 47.2. The number of carboxylic acid groups (broad SMARTS) is 1. The molecule has 5 unspecified atom stereocenters. The highest BCUT2D eigenvalue weighted by Crippen LogP contribution is 2.09. The Balaban J connectivity index is 5.11. The minimum Gasteiger partial charge on any atom is -0.480 e. The summed E-state index contributed by atoms with van der Waals surface area (Å²) in [7, 11) is 0. The van der Waals surface area contributed by atoms with E-state index >= 15 is 0 Å². The number of aliphatic carboxylic acids is 1. The molecule has 5 atom stereocenters. The van der Waals surface area contributed by atoms with E-state index in [-0.39, 0.29) is 11.7 Å². The SMILES string of the molecule is CCC(C)C(NC(=O)C(CS)NC(=O)C(C)N)C(=O)NC(C)C(=O)O. The van der Waals surface area contributed by atoms with Gasteiger partial charge in [-0.2, -0.15) is 12.6 Å². The molecule has 0 aliphatic rings. The zero-order valence-electron chi connectivity index (χ0n) is 14.9. The Kier molecular flexibility index (Phi) is 10.1. The predicted octanol–water partition coefficient (Wildman–Crippen LogP) is -1.13. The predicted molar refractivity (Wildman–Crippen MR) is 96.1 cm³/mol.